The van der Waals surface area contributed by atoms with Gasteiger partial charge in [0.2, 0.25) is 6.41 Å². The number of anilines is 1. The smallest absolute Gasteiger partial charge is 0.211 e. The number of hydrogen-bond acceptors (Lipinski definition) is 3. The molecule has 0 atom stereocenters. The van der Waals surface area contributed by atoms with Crippen molar-refractivity contribution in [3.05, 3.63) is 47.9 Å². The van der Waals surface area contributed by atoms with Crippen LogP contribution < -0.4 is 5.32 Å². The molecule has 0 saturated carbocycles. The van der Waals surface area contributed by atoms with Crippen LogP contribution in [-0.2, 0) is 11.8 Å². The lowest BCUT2D eigenvalue weighted by Gasteiger charge is -2.08. The van der Waals surface area contributed by atoms with E-state index in [-0.39, 0.29) is 0 Å². The Morgan fingerprint density at radius 3 is 2.67 bits per heavy atom. The largest absolute Gasteiger partial charge is 0.361 e. The number of carbonyl (C=O) groups is 1. The fraction of sp³-hybridized carbons (Fsp3) is 0.158. The Kier molecular flexibility index (Phi) is 3.16. The molecule has 0 aliphatic heterocycles. The predicted octanol–water partition coefficient (Wildman–Crippen LogP) is 4.17. The van der Waals surface area contributed by atoms with E-state index >= 15 is 0 Å². The number of benzene rings is 2. The molecule has 2 heterocycles. The molecule has 24 heavy (non-hydrogen) atoms. The normalized spacial score (nSPS) is 11.3. The first-order valence-corrected chi connectivity index (χ1v) is 7.76. The zero-order valence-electron chi connectivity index (χ0n) is 13.8. The lowest BCUT2D eigenvalue weighted by molar-refractivity contribution is -0.105. The average molecular weight is 319 g/mol. The Balaban J connectivity index is 2.14. The van der Waals surface area contributed by atoms with Gasteiger partial charge in [-0.3, -0.25) is 4.79 Å². The minimum absolute atomic E-state index is 0.716. The lowest BCUT2D eigenvalue weighted by atomic mass is 10.0. The van der Waals surface area contributed by atoms with Crippen LogP contribution in [0.3, 0.4) is 0 Å². The van der Waals surface area contributed by atoms with E-state index in [2.05, 4.69) is 33.2 Å². The van der Waals surface area contributed by atoms with Crippen molar-refractivity contribution < 1.29 is 9.32 Å². The van der Waals surface area contributed by atoms with Crippen molar-refractivity contribution in [1.82, 2.24) is 9.72 Å². The molecule has 0 aliphatic rings. The van der Waals surface area contributed by atoms with Gasteiger partial charge in [0.1, 0.15) is 5.76 Å². The lowest BCUT2D eigenvalue weighted by Crippen LogP contribution is -1.96. The van der Waals surface area contributed by atoms with Crippen LogP contribution in [0.2, 0.25) is 0 Å². The molecule has 120 valence electrons. The second-order valence-corrected chi connectivity index (χ2v) is 5.96. The van der Waals surface area contributed by atoms with Crippen LogP contribution in [0, 0.1) is 13.8 Å². The molecule has 0 unspecified atom stereocenters. The van der Waals surface area contributed by atoms with Crippen LogP contribution in [0.5, 0.6) is 0 Å². The third kappa shape index (κ3) is 1.94. The van der Waals surface area contributed by atoms with Crippen LogP contribution in [0.25, 0.3) is 32.9 Å². The zero-order chi connectivity index (χ0) is 16.8. The van der Waals surface area contributed by atoms with E-state index in [1.54, 1.807) is 0 Å². The molecule has 5 heteroatoms. The molecule has 4 rings (SSSR count). The number of hydrogen-bond donors (Lipinski definition) is 1. The van der Waals surface area contributed by atoms with Crippen molar-refractivity contribution >= 4 is 33.9 Å². The summed E-state index contributed by atoms with van der Waals surface area (Å²) < 4.78 is 7.45. The summed E-state index contributed by atoms with van der Waals surface area (Å²) >= 11 is 0. The molecular formula is C19H17N3O2. The number of fused-ring (bicyclic) bond motifs is 3. The Bertz CT molecular complexity index is 1070. The zero-order valence-corrected chi connectivity index (χ0v) is 13.8. The fourth-order valence-electron chi connectivity index (χ4n) is 3.50. The van der Waals surface area contributed by atoms with Gasteiger partial charge in [0.05, 0.1) is 16.9 Å². The summed E-state index contributed by atoms with van der Waals surface area (Å²) in [5.41, 5.74) is 5.75. The average Bonchev–Trinajstić information content (AvgIpc) is 3.06. The first kappa shape index (κ1) is 14.5. The van der Waals surface area contributed by atoms with E-state index in [9.17, 15) is 4.79 Å². The number of carbonyl (C=O) groups excluding carboxylic acids is 1. The number of aromatic nitrogens is 2. The van der Waals surface area contributed by atoms with E-state index in [0.29, 0.717) is 6.41 Å². The Hall–Kier alpha value is -3.08. The quantitative estimate of drug-likeness (QED) is 0.576. The molecule has 0 bridgehead atoms. The van der Waals surface area contributed by atoms with Gasteiger partial charge in [-0.2, -0.15) is 0 Å². The SMILES string of the molecule is Cc1noc(C)c1-c1cc(NC=O)c2c3ccccc3n(C)c2c1. The second-order valence-electron chi connectivity index (χ2n) is 5.96. The van der Waals surface area contributed by atoms with Crippen LogP contribution in [0.1, 0.15) is 11.5 Å². The molecule has 4 aromatic rings. The van der Waals surface area contributed by atoms with Crippen LogP contribution in [0.4, 0.5) is 5.69 Å². The van der Waals surface area contributed by atoms with Crippen molar-refractivity contribution in [2.75, 3.05) is 5.32 Å². The van der Waals surface area contributed by atoms with E-state index in [4.69, 9.17) is 4.52 Å². The molecule has 0 spiro atoms. The molecule has 2 aromatic carbocycles. The molecule has 1 N–H and O–H groups in total. The maximum atomic E-state index is 11.1. The molecule has 0 saturated heterocycles. The van der Waals surface area contributed by atoms with Gasteiger partial charge in [-0.25, -0.2) is 0 Å². The third-order valence-electron chi connectivity index (χ3n) is 4.55. The van der Waals surface area contributed by atoms with Crippen molar-refractivity contribution in [3.8, 4) is 11.1 Å². The van der Waals surface area contributed by atoms with Crippen molar-refractivity contribution in [3.63, 3.8) is 0 Å². The number of rotatable bonds is 3. The molecule has 0 fully saturated rings. The topological polar surface area (TPSA) is 60.1 Å². The highest BCUT2D eigenvalue weighted by Gasteiger charge is 2.17. The summed E-state index contributed by atoms with van der Waals surface area (Å²) in [6, 6.07) is 12.3. The van der Waals surface area contributed by atoms with Crippen molar-refractivity contribution in [1.29, 1.82) is 0 Å². The molecule has 2 aromatic heterocycles. The summed E-state index contributed by atoms with van der Waals surface area (Å²) in [5.74, 6) is 0.766. The highest BCUT2D eigenvalue weighted by atomic mass is 16.5. The monoisotopic (exact) mass is 319 g/mol. The second kappa shape index (κ2) is 5.23. The van der Waals surface area contributed by atoms with E-state index in [1.165, 1.54) is 0 Å². The summed E-state index contributed by atoms with van der Waals surface area (Å²) in [7, 11) is 2.03. The van der Waals surface area contributed by atoms with Crippen molar-refractivity contribution in [2.24, 2.45) is 7.05 Å². The highest BCUT2D eigenvalue weighted by molar-refractivity contribution is 6.16. The number of nitrogens with one attached hydrogen (secondary N) is 1. The van der Waals surface area contributed by atoms with Gasteiger partial charge in [-0.1, -0.05) is 23.4 Å². The fourth-order valence-corrected chi connectivity index (χ4v) is 3.50. The molecular weight excluding hydrogens is 302 g/mol. The third-order valence-corrected chi connectivity index (χ3v) is 4.55. The van der Waals surface area contributed by atoms with Gasteiger partial charge >= 0.3 is 0 Å². The van der Waals surface area contributed by atoms with Gasteiger partial charge in [-0.15, -0.1) is 0 Å². The minimum atomic E-state index is 0.716. The van der Waals surface area contributed by atoms with Crippen LogP contribution >= 0.6 is 0 Å². The highest BCUT2D eigenvalue weighted by Crippen LogP contribution is 2.38. The number of nitrogens with zero attached hydrogens (tertiary/aromatic N) is 2. The Morgan fingerprint density at radius 1 is 1.17 bits per heavy atom. The van der Waals surface area contributed by atoms with Crippen molar-refractivity contribution in [2.45, 2.75) is 13.8 Å². The molecule has 0 aliphatic carbocycles. The van der Waals surface area contributed by atoms with E-state index < -0.39 is 0 Å². The predicted molar refractivity (Wildman–Crippen MR) is 95.1 cm³/mol. The van der Waals surface area contributed by atoms with E-state index in [0.717, 1.165) is 50.1 Å². The molecule has 0 radical (unpaired) electrons. The number of aryl methyl sites for hydroxylation is 3. The van der Waals surface area contributed by atoms with Crippen LogP contribution in [-0.4, -0.2) is 16.1 Å². The maximum Gasteiger partial charge on any atom is 0.211 e. The maximum absolute atomic E-state index is 11.1. The standard InChI is InChI=1S/C19H17N3O2/c1-11-18(12(2)24-21-11)13-8-15(20-10-23)19-14-6-4-5-7-16(14)22(3)17(19)9-13/h4-10H,1-3H3,(H,20,23). The summed E-state index contributed by atoms with van der Waals surface area (Å²) in [6.45, 7) is 3.82. The first-order valence-electron chi connectivity index (χ1n) is 7.76. The van der Waals surface area contributed by atoms with Crippen LogP contribution in [0.15, 0.2) is 40.9 Å². The Morgan fingerprint density at radius 2 is 1.96 bits per heavy atom. The first-order chi connectivity index (χ1) is 11.6. The number of para-hydroxylation sites is 1. The summed E-state index contributed by atoms with van der Waals surface area (Å²) in [4.78, 5) is 11.1. The van der Waals surface area contributed by atoms with Gasteiger partial charge in [0.25, 0.3) is 0 Å². The summed E-state index contributed by atoms with van der Waals surface area (Å²) in [5, 5.41) is 9.05. The minimum Gasteiger partial charge on any atom is -0.361 e. The van der Waals surface area contributed by atoms with Gasteiger partial charge in [-0.05, 0) is 37.6 Å². The van der Waals surface area contributed by atoms with Gasteiger partial charge in [0.15, 0.2) is 0 Å². The molecule has 5 nitrogen and oxygen atoms in total. The summed E-state index contributed by atoms with van der Waals surface area (Å²) in [6.07, 6.45) is 0.716. The Labute approximate surface area is 138 Å². The van der Waals surface area contributed by atoms with Gasteiger partial charge < -0.3 is 14.4 Å². The molecule has 1 amide bonds. The number of amides is 1. The van der Waals surface area contributed by atoms with E-state index in [1.807, 2.05) is 39.1 Å². The van der Waals surface area contributed by atoms with Gasteiger partial charge in [0, 0.05) is 28.9 Å².